The minimum absolute atomic E-state index is 0.857. The third kappa shape index (κ3) is 6.80. The van der Waals surface area contributed by atoms with Crippen molar-refractivity contribution in [3.8, 4) is 45.0 Å². The lowest BCUT2D eigenvalue weighted by atomic mass is 10.0. The molecule has 232 valence electrons. The van der Waals surface area contributed by atoms with Crippen LogP contribution in [0.15, 0.2) is 207 Å². The highest BCUT2D eigenvalue weighted by molar-refractivity contribution is 5.62. The lowest BCUT2D eigenvalue weighted by Crippen LogP contribution is -2.30. The molecular weight excluding hydrogens is 597 g/mol. The number of para-hydroxylation sites is 2. The van der Waals surface area contributed by atoms with E-state index < -0.39 is 0 Å². The first-order chi connectivity index (χ1) is 24.2. The average Bonchev–Trinajstić information content (AvgIpc) is 3.19. The highest BCUT2D eigenvalue weighted by Crippen LogP contribution is 2.19. The Morgan fingerprint density at radius 2 is 0.551 bits per heavy atom. The summed E-state index contributed by atoms with van der Waals surface area (Å²) in [7, 11) is 0. The van der Waals surface area contributed by atoms with E-state index in [4.69, 9.17) is 0 Å². The van der Waals surface area contributed by atoms with Gasteiger partial charge in [-0.1, -0.05) is 60.7 Å². The van der Waals surface area contributed by atoms with Crippen LogP contribution in [0.5, 0.6) is 0 Å². The molecule has 0 radical (unpaired) electrons. The van der Waals surface area contributed by atoms with Crippen LogP contribution in [0.1, 0.15) is 11.1 Å². The Kier molecular flexibility index (Phi) is 8.34. The lowest BCUT2D eigenvalue weighted by Gasteiger charge is -2.05. The summed E-state index contributed by atoms with van der Waals surface area (Å²) >= 11 is 0. The second-order valence-corrected chi connectivity index (χ2v) is 12.2. The highest BCUT2D eigenvalue weighted by Gasteiger charge is 2.13. The van der Waals surface area contributed by atoms with Crippen molar-refractivity contribution in [3.05, 3.63) is 218 Å². The Labute approximate surface area is 287 Å². The van der Waals surface area contributed by atoms with Crippen LogP contribution in [0.2, 0.25) is 0 Å². The normalized spacial score (nSPS) is 10.9. The Bertz CT molecular complexity index is 2130. The SMILES string of the molecule is c1ccc(-[n+]2ccc(-c3cc[n+](-c4cccc(Cc5cccc(-[n+]6ccc(-c7cc[n+](-c8ccccc8)cc7)cc6)c5)c4)cc3)cc2)cc1. The van der Waals surface area contributed by atoms with Crippen molar-refractivity contribution in [1.82, 2.24) is 0 Å². The molecule has 4 heterocycles. The molecule has 0 aliphatic rings. The van der Waals surface area contributed by atoms with Gasteiger partial charge in [0.05, 0.1) is 0 Å². The first-order valence-electron chi connectivity index (χ1n) is 16.6. The van der Waals surface area contributed by atoms with Crippen LogP contribution < -0.4 is 18.3 Å². The molecule has 0 aliphatic heterocycles. The Morgan fingerprint density at radius 1 is 0.265 bits per heavy atom. The van der Waals surface area contributed by atoms with Gasteiger partial charge in [0, 0.05) is 97.1 Å². The number of aromatic nitrogens is 4. The quantitative estimate of drug-likeness (QED) is 0.153. The summed E-state index contributed by atoms with van der Waals surface area (Å²) in [6, 6.07) is 55.7. The highest BCUT2D eigenvalue weighted by atomic mass is 14.9. The molecule has 0 N–H and O–H groups in total. The smallest absolute Gasteiger partial charge is 0.167 e. The molecule has 0 aliphatic carbocycles. The van der Waals surface area contributed by atoms with Crippen molar-refractivity contribution in [1.29, 1.82) is 0 Å². The minimum atomic E-state index is 0.857. The third-order valence-electron chi connectivity index (χ3n) is 8.92. The average molecular weight is 633 g/mol. The molecule has 4 heteroatoms. The van der Waals surface area contributed by atoms with Crippen molar-refractivity contribution in [2.45, 2.75) is 6.42 Å². The van der Waals surface area contributed by atoms with Gasteiger partial charge in [0.2, 0.25) is 22.7 Å². The lowest BCUT2D eigenvalue weighted by molar-refractivity contribution is -0.596. The largest absolute Gasteiger partial charge is 0.210 e. The van der Waals surface area contributed by atoms with E-state index in [1.54, 1.807) is 0 Å². The van der Waals surface area contributed by atoms with Crippen LogP contribution in [0, 0.1) is 0 Å². The monoisotopic (exact) mass is 632 g/mol. The fourth-order valence-electron chi connectivity index (χ4n) is 6.25. The van der Waals surface area contributed by atoms with E-state index in [2.05, 4.69) is 213 Å². The topological polar surface area (TPSA) is 15.5 Å². The molecule has 0 amide bonds. The Hall–Kier alpha value is -6.52. The van der Waals surface area contributed by atoms with Crippen LogP contribution in [0.4, 0.5) is 0 Å². The molecule has 0 unspecified atom stereocenters. The molecule has 0 spiro atoms. The van der Waals surface area contributed by atoms with Crippen molar-refractivity contribution >= 4 is 0 Å². The summed E-state index contributed by atoms with van der Waals surface area (Å²) in [6.45, 7) is 0. The van der Waals surface area contributed by atoms with E-state index in [1.165, 1.54) is 33.4 Å². The molecule has 49 heavy (non-hydrogen) atoms. The van der Waals surface area contributed by atoms with Gasteiger partial charge in [-0.25, -0.2) is 0 Å². The standard InChI is InChI=1S/C45H36N4/c1-3-11-42(12-4-1)46-25-17-38(18-26-46)40-21-29-48(30-22-40)44-15-7-9-36(34-44)33-37-10-8-16-45(35-37)49-31-23-41(24-32-49)39-19-27-47(28-20-39)43-13-5-2-6-14-43/h1-32,34-35H,33H2/q+4. The molecule has 0 saturated heterocycles. The Balaban J connectivity index is 0.945. The predicted octanol–water partition coefficient (Wildman–Crippen LogP) is 7.72. The maximum atomic E-state index is 2.28. The molecule has 4 aromatic carbocycles. The summed E-state index contributed by atoms with van der Waals surface area (Å²) in [5.41, 5.74) is 11.9. The zero-order valence-electron chi connectivity index (χ0n) is 27.1. The number of rotatable bonds is 8. The summed E-state index contributed by atoms with van der Waals surface area (Å²) in [5.74, 6) is 0. The Morgan fingerprint density at radius 3 is 0.878 bits per heavy atom. The molecule has 8 aromatic rings. The molecule has 0 saturated carbocycles. The minimum Gasteiger partial charge on any atom is -0.167 e. The second kappa shape index (κ2) is 13.7. The number of nitrogens with zero attached hydrogens (tertiary/aromatic N) is 4. The predicted molar refractivity (Wildman–Crippen MR) is 193 cm³/mol. The van der Waals surface area contributed by atoms with Crippen molar-refractivity contribution < 1.29 is 18.3 Å². The number of benzene rings is 4. The molecule has 0 atom stereocenters. The second-order valence-electron chi connectivity index (χ2n) is 12.2. The summed E-state index contributed by atoms with van der Waals surface area (Å²) in [4.78, 5) is 0. The van der Waals surface area contributed by atoms with Crippen LogP contribution in [0.3, 0.4) is 0 Å². The summed E-state index contributed by atoms with van der Waals surface area (Å²) < 4.78 is 8.63. The van der Waals surface area contributed by atoms with E-state index >= 15 is 0 Å². The first kappa shape index (κ1) is 29.9. The van der Waals surface area contributed by atoms with E-state index in [-0.39, 0.29) is 0 Å². The van der Waals surface area contributed by atoms with E-state index in [1.807, 2.05) is 12.1 Å². The van der Waals surface area contributed by atoms with E-state index in [0.29, 0.717) is 0 Å². The van der Waals surface area contributed by atoms with E-state index in [0.717, 1.165) is 29.2 Å². The van der Waals surface area contributed by atoms with Crippen LogP contribution in [0.25, 0.3) is 45.0 Å². The molecule has 8 rings (SSSR count). The van der Waals surface area contributed by atoms with Gasteiger partial charge in [-0.2, -0.15) is 18.3 Å². The fraction of sp³-hybridized carbons (Fsp3) is 0.0222. The van der Waals surface area contributed by atoms with Gasteiger partial charge in [-0.3, -0.25) is 0 Å². The maximum absolute atomic E-state index is 2.28. The zero-order chi connectivity index (χ0) is 32.8. The molecule has 0 bridgehead atoms. The van der Waals surface area contributed by atoms with Gasteiger partial charge in [0.1, 0.15) is 0 Å². The number of hydrogen-bond donors (Lipinski definition) is 0. The van der Waals surface area contributed by atoms with Crippen LogP contribution >= 0.6 is 0 Å². The number of pyridine rings is 4. The zero-order valence-corrected chi connectivity index (χ0v) is 27.1. The van der Waals surface area contributed by atoms with Gasteiger partial charge in [-0.05, 0) is 39.8 Å². The maximum Gasteiger partial charge on any atom is 0.210 e. The van der Waals surface area contributed by atoms with Crippen molar-refractivity contribution in [2.75, 3.05) is 0 Å². The molecular formula is C45H36N4+4. The first-order valence-corrected chi connectivity index (χ1v) is 16.6. The molecule has 4 nitrogen and oxygen atoms in total. The van der Waals surface area contributed by atoms with Gasteiger partial charge < -0.3 is 0 Å². The third-order valence-corrected chi connectivity index (χ3v) is 8.92. The molecule has 4 aromatic heterocycles. The van der Waals surface area contributed by atoms with E-state index in [9.17, 15) is 0 Å². The fourth-order valence-corrected chi connectivity index (χ4v) is 6.25. The van der Waals surface area contributed by atoms with Crippen LogP contribution in [-0.4, -0.2) is 0 Å². The number of hydrogen-bond acceptors (Lipinski definition) is 0. The van der Waals surface area contributed by atoms with Gasteiger partial charge in [0.25, 0.3) is 0 Å². The van der Waals surface area contributed by atoms with Crippen LogP contribution in [-0.2, 0) is 6.42 Å². The van der Waals surface area contributed by atoms with Gasteiger partial charge in [-0.15, -0.1) is 0 Å². The van der Waals surface area contributed by atoms with Gasteiger partial charge in [0.15, 0.2) is 49.6 Å². The van der Waals surface area contributed by atoms with Crippen molar-refractivity contribution in [2.24, 2.45) is 0 Å². The molecule has 0 fully saturated rings. The summed E-state index contributed by atoms with van der Waals surface area (Å²) in [6.07, 6.45) is 17.9. The summed E-state index contributed by atoms with van der Waals surface area (Å²) in [5, 5.41) is 0. The van der Waals surface area contributed by atoms with Gasteiger partial charge >= 0.3 is 0 Å². The van der Waals surface area contributed by atoms with Crippen molar-refractivity contribution in [3.63, 3.8) is 0 Å².